The SMILES string of the molecule is CCOC(=O)C(N)C(OC(=O)CCCCCCCCCCCCc1ccccc1)c1ccccc1. The molecule has 5 nitrogen and oxygen atoms in total. The summed E-state index contributed by atoms with van der Waals surface area (Å²) in [4.78, 5) is 24.6. The Morgan fingerprint density at radius 2 is 1.26 bits per heavy atom. The molecule has 0 heterocycles. The van der Waals surface area contributed by atoms with Gasteiger partial charge in [-0.25, -0.2) is 0 Å². The molecule has 0 aliphatic heterocycles. The van der Waals surface area contributed by atoms with Crippen LogP contribution in [0.2, 0.25) is 0 Å². The number of nitrogens with two attached hydrogens (primary N) is 1. The second-order valence-corrected chi connectivity index (χ2v) is 9.12. The van der Waals surface area contributed by atoms with Crippen molar-refractivity contribution >= 4 is 11.9 Å². The van der Waals surface area contributed by atoms with E-state index in [4.69, 9.17) is 15.2 Å². The third kappa shape index (κ3) is 12.0. The van der Waals surface area contributed by atoms with Gasteiger partial charge in [0, 0.05) is 6.42 Å². The van der Waals surface area contributed by atoms with E-state index in [0.29, 0.717) is 12.0 Å². The van der Waals surface area contributed by atoms with E-state index in [1.807, 2.05) is 18.2 Å². The van der Waals surface area contributed by atoms with E-state index in [1.165, 1.54) is 56.9 Å². The molecule has 0 aromatic heterocycles. The molecular formula is C30H43NO4. The Balaban J connectivity index is 1.53. The van der Waals surface area contributed by atoms with Gasteiger partial charge in [-0.15, -0.1) is 0 Å². The lowest BCUT2D eigenvalue weighted by molar-refractivity contribution is -0.157. The van der Waals surface area contributed by atoms with E-state index in [1.54, 1.807) is 19.1 Å². The number of carbonyl (C=O) groups is 2. The molecule has 2 unspecified atom stereocenters. The minimum Gasteiger partial charge on any atom is -0.465 e. The molecule has 35 heavy (non-hydrogen) atoms. The average Bonchev–Trinajstić information content (AvgIpc) is 2.88. The predicted molar refractivity (Wildman–Crippen MR) is 141 cm³/mol. The number of hydrogen-bond donors (Lipinski definition) is 1. The van der Waals surface area contributed by atoms with Crippen LogP contribution in [0.25, 0.3) is 0 Å². The lowest BCUT2D eigenvalue weighted by Crippen LogP contribution is -2.40. The van der Waals surface area contributed by atoms with Crippen LogP contribution in [0.3, 0.4) is 0 Å². The largest absolute Gasteiger partial charge is 0.465 e. The molecule has 192 valence electrons. The first-order valence-electron chi connectivity index (χ1n) is 13.3. The van der Waals surface area contributed by atoms with Gasteiger partial charge in [0.2, 0.25) is 0 Å². The molecule has 5 heteroatoms. The number of unbranched alkanes of at least 4 members (excludes halogenated alkanes) is 9. The Labute approximate surface area is 211 Å². The van der Waals surface area contributed by atoms with Gasteiger partial charge < -0.3 is 15.2 Å². The summed E-state index contributed by atoms with van der Waals surface area (Å²) in [6, 6.07) is 18.8. The monoisotopic (exact) mass is 481 g/mol. The second-order valence-electron chi connectivity index (χ2n) is 9.12. The summed E-state index contributed by atoms with van der Waals surface area (Å²) in [5.41, 5.74) is 8.20. The number of esters is 2. The summed E-state index contributed by atoms with van der Waals surface area (Å²) in [5.74, 6) is -0.889. The zero-order chi connectivity index (χ0) is 25.1. The average molecular weight is 482 g/mol. The Bertz CT molecular complexity index is 825. The Morgan fingerprint density at radius 3 is 1.83 bits per heavy atom. The van der Waals surface area contributed by atoms with Crippen molar-refractivity contribution in [2.75, 3.05) is 6.61 Å². The Morgan fingerprint density at radius 1 is 0.743 bits per heavy atom. The van der Waals surface area contributed by atoms with Gasteiger partial charge in [-0.05, 0) is 37.3 Å². The van der Waals surface area contributed by atoms with Crippen LogP contribution >= 0.6 is 0 Å². The fourth-order valence-corrected chi connectivity index (χ4v) is 4.21. The standard InChI is InChI=1S/C30H43NO4/c1-2-34-30(33)28(31)29(26-22-16-12-17-23-26)35-27(32)24-18-10-8-6-4-3-5-7-9-13-19-25-20-14-11-15-21-25/h11-12,14-17,20-23,28-29H,2-10,13,18-19,24,31H2,1H3. The minimum absolute atomic E-state index is 0.232. The maximum atomic E-state index is 12.4. The Kier molecular flexibility index (Phi) is 14.5. The molecule has 0 aliphatic rings. The topological polar surface area (TPSA) is 78.6 Å². The molecule has 2 rings (SSSR count). The number of ether oxygens (including phenoxy) is 2. The normalized spacial score (nSPS) is 12.6. The van der Waals surface area contributed by atoms with Gasteiger partial charge in [-0.2, -0.15) is 0 Å². The van der Waals surface area contributed by atoms with Gasteiger partial charge in [0.1, 0.15) is 6.04 Å². The van der Waals surface area contributed by atoms with Crippen LogP contribution in [0.1, 0.15) is 94.8 Å². The van der Waals surface area contributed by atoms with Crippen molar-refractivity contribution in [3.05, 3.63) is 71.8 Å². The van der Waals surface area contributed by atoms with Crippen molar-refractivity contribution < 1.29 is 19.1 Å². The van der Waals surface area contributed by atoms with Gasteiger partial charge in [-0.3, -0.25) is 9.59 Å². The third-order valence-corrected chi connectivity index (χ3v) is 6.21. The second kappa shape index (κ2) is 17.7. The highest BCUT2D eigenvalue weighted by molar-refractivity contribution is 5.78. The summed E-state index contributed by atoms with van der Waals surface area (Å²) in [6.45, 7) is 1.96. The predicted octanol–water partition coefficient (Wildman–Crippen LogP) is 6.70. The zero-order valence-corrected chi connectivity index (χ0v) is 21.3. The smallest absolute Gasteiger partial charge is 0.327 e. The third-order valence-electron chi connectivity index (χ3n) is 6.21. The first-order valence-corrected chi connectivity index (χ1v) is 13.3. The lowest BCUT2D eigenvalue weighted by Gasteiger charge is -2.23. The van der Waals surface area contributed by atoms with Crippen LogP contribution in [0.4, 0.5) is 0 Å². The van der Waals surface area contributed by atoms with Gasteiger partial charge in [0.05, 0.1) is 6.61 Å². The number of carbonyl (C=O) groups excluding carboxylic acids is 2. The highest BCUT2D eigenvalue weighted by Gasteiger charge is 2.30. The number of hydrogen-bond acceptors (Lipinski definition) is 5. The van der Waals surface area contributed by atoms with Gasteiger partial charge >= 0.3 is 11.9 Å². The van der Waals surface area contributed by atoms with Crippen LogP contribution in [0.15, 0.2) is 60.7 Å². The molecule has 2 atom stereocenters. The first-order chi connectivity index (χ1) is 17.1. The van der Waals surface area contributed by atoms with E-state index in [2.05, 4.69) is 30.3 Å². The maximum Gasteiger partial charge on any atom is 0.327 e. The summed E-state index contributed by atoms with van der Waals surface area (Å²) >= 11 is 0. The molecule has 0 saturated heterocycles. The lowest BCUT2D eigenvalue weighted by atomic mass is 10.0. The molecule has 2 aromatic carbocycles. The molecule has 0 saturated carbocycles. The maximum absolute atomic E-state index is 12.4. The van der Waals surface area contributed by atoms with Crippen LogP contribution < -0.4 is 5.73 Å². The van der Waals surface area contributed by atoms with E-state index in [0.717, 1.165) is 19.3 Å². The highest BCUT2D eigenvalue weighted by atomic mass is 16.6. The molecular weight excluding hydrogens is 438 g/mol. The molecule has 0 fully saturated rings. The van der Waals surface area contributed by atoms with E-state index >= 15 is 0 Å². The van der Waals surface area contributed by atoms with Gasteiger partial charge in [0.25, 0.3) is 0 Å². The van der Waals surface area contributed by atoms with Crippen LogP contribution in [-0.4, -0.2) is 24.6 Å². The number of aryl methyl sites for hydroxylation is 1. The van der Waals surface area contributed by atoms with Crippen LogP contribution in [-0.2, 0) is 25.5 Å². The van der Waals surface area contributed by atoms with Gasteiger partial charge in [-0.1, -0.05) is 112 Å². The first kappa shape index (κ1) is 28.6. The quantitative estimate of drug-likeness (QED) is 0.189. The molecule has 0 amide bonds. The number of benzene rings is 2. The van der Waals surface area contributed by atoms with Crippen molar-refractivity contribution in [2.45, 2.75) is 96.1 Å². The van der Waals surface area contributed by atoms with E-state index in [-0.39, 0.29) is 12.6 Å². The van der Waals surface area contributed by atoms with Crippen LogP contribution in [0, 0.1) is 0 Å². The summed E-state index contributed by atoms with van der Waals surface area (Å²) in [7, 11) is 0. The fraction of sp³-hybridized carbons (Fsp3) is 0.533. The van der Waals surface area contributed by atoms with E-state index in [9.17, 15) is 9.59 Å². The Hall–Kier alpha value is -2.66. The minimum atomic E-state index is -1.04. The highest BCUT2D eigenvalue weighted by Crippen LogP contribution is 2.22. The van der Waals surface area contributed by atoms with Crippen molar-refractivity contribution in [1.82, 2.24) is 0 Å². The molecule has 0 radical (unpaired) electrons. The summed E-state index contributed by atoms with van der Waals surface area (Å²) < 4.78 is 10.6. The molecule has 0 spiro atoms. The fourth-order valence-electron chi connectivity index (χ4n) is 4.21. The van der Waals surface area contributed by atoms with E-state index < -0.39 is 18.1 Å². The zero-order valence-electron chi connectivity index (χ0n) is 21.3. The van der Waals surface area contributed by atoms with Crippen molar-refractivity contribution in [3.63, 3.8) is 0 Å². The van der Waals surface area contributed by atoms with Crippen molar-refractivity contribution in [2.24, 2.45) is 5.73 Å². The molecule has 0 aliphatic carbocycles. The number of rotatable bonds is 18. The molecule has 2 N–H and O–H groups in total. The molecule has 0 bridgehead atoms. The molecule has 2 aromatic rings. The van der Waals surface area contributed by atoms with Crippen molar-refractivity contribution in [3.8, 4) is 0 Å². The van der Waals surface area contributed by atoms with Crippen molar-refractivity contribution in [1.29, 1.82) is 0 Å². The summed E-state index contributed by atoms with van der Waals surface area (Å²) in [6.07, 6.45) is 12.6. The van der Waals surface area contributed by atoms with Crippen LogP contribution in [0.5, 0.6) is 0 Å². The summed E-state index contributed by atoms with van der Waals surface area (Å²) in [5, 5.41) is 0. The van der Waals surface area contributed by atoms with Gasteiger partial charge in [0.15, 0.2) is 6.10 Å².